The molecule has 2 aromatic carbocycles. The Bertz CT molecular complexity index is 892. The summed E-state index contributed by atoms with van der Waals surface area (Å²) in [6, 6.07) is 14.3. The molecule has 1 amide bonds. The predicted molar refractivity (Wildman–Crippen MR) is 97.0 cm³/mol. The lowest BCUT2D eigenvalue weighted by Gasteiger charge is -2.13. The van der Waals surface area contributed by atoms with Gasteiger partial charge >= 0.3 is 0 Å². The standard InChI is InChI=1S/C18H17ClN4O2/c1-11(2)25-15-10-6-4-8-13(15)17(24)21-18-20-16(22-23-18)12-7-3-5-9-14(12)19/h3-11H,1-2H3,(H2,20,21,22,23,24). The molecule has 25 heavy (non-hydrogen) atoms. The highest BCUT2D eigenvalue weighted by Crippen LogP contribution is 2.25. The molecular weight excluding hydrogens is 340 g/mol. The highest BCUT2D eigenvalue weighted by molar-refractivity contribution is 6.33. The quantitative estimate of drug-likeness (QED) is 0.719. The van der Waals surface area contributed by atoms with E-state index >= 15 is 0 Å². The number of anilines is 1. The minimum Gasteiger partial charge on any atom is -0.490 e. The Kier molecular flexibility index (Phi) is 5.00. The Labute approximate surface area is 150 Å². The van der Waals surface area contributed by atoms with E-state index in [0.717, 1.165) is 0 Å². The average molecular weight is 357 g/mol. The summed E-state index contributed by atoms with van der Waals surface area (Å²) in [6.45, 7) is 3.81. The monoisotopic (exact) mass is 356 g/mol. The molecule has 3 rings (SSSR count). The molecule has 0 atom stereocenters. The summed E-state index contributed by atoms with van der Waals surface area (Å²) in [6.07, 6.45) is -0.0377. The van der Waals surface area contributed by atoms with E-state index in [9.17, 15) is 4.79 Å². The van der Waals surface area contributed by atoms with E-state index < -0.39 is 0 Å². The third-order valence-electron chi connectivity index (χ3n) is 3.33. The number of H-pyrrole nitrogens is 1. The number of rotatable bonds is 5. The molecule has 128 valence electrons. The van der Waals surface area contributed by atoms with Gasteiger partial charge in [-0.3, -0.25) is 15.2 Å². The van der Waals surface area contributed by atoms with Gasteiger partial charge in [-0.1, -0.05) is 35.9 Å². The number of amides is 1. The van der Waals surface area contributed by atoms with Crippen LogP contribution in [-0.4, -0.2) is 27.2 Å². The molecule has 0 aliphatic heterocycles. The fourth-order valence-corrected chi connectivity index (χ4v) is 2.50. The Morgan fingerprint density at radius 1 is 1.16 bits per heavy atom. The fraction of sp³-hybridized carbons (Fsp3) is 0.167. The van der Waals surface area contributed by atoms with Crippen molar-refractivity contribution in [2.45, 2.75) is 20.0 Å². The van der Waals surface area contributed by atoms with Crippen molar-refractivity contribution >= 4 is 23.5 Å². The van der Waals surface area contributed by atoms with E-state index in [0.29, 0.717) is 27.7 Å². The lowest BCUT2D eigenvalue weighted by atomic mass is 10.2. The number of hydrogen-bond donors (Lipinski definition) is 2. The SMILES string of the molecule is CC(C)Oc1ccccc1C(=O)Nc1n[nH]c(-c2ccccc2Cl)n1. The zero-order valence-electron chi connectivity index (χ0n) is 13.8. The second-order valence-corrected chi connectivity index (χ2v) is 6.01. The first kappa shape index (κ1) is 17.0. The van der Waals surface area contributed by atoms with Gasteiger partial charge in [0, 0.05) is 5.56 Å². The molecule has 6 nitrogen and oxygen atoms in total. The number of aromatic nitrogens is 3. The van der Waals surface area contributed by atoms with E-state index in [1.54, 1.807) is 24.3 Å². The van der Waals surface area contributed by atoms with Crippen molar-refractivity contribution in [3.05, 3.63) is 59.1 Å². The molecule has 3 aromatic rings. The summed E-state index contributed by atoms with van der Waals surface area (Å²) in [7, 11) is 0. The smallest absolute Gasteiger partial charge is 0.261 e. The van der Waals surface area contributed by atoms with Gasteiger partial charge in [0.2, 0.25) is 5.95 Å². The van der Waals surface area contributed by atoms with E-state index in [1.165, 1.54) is 0 Å². The maximum Gasteiger partial charge on any atom is 0.261 e. The maximum absolute atomic E-state index is 12.5. The van der Waals surface area contributed by atoms with Crippen molar-refractivity contribution in [2.24, 2.45) is 0 Å². The van der Waals surface area contributed by atoms with Gasteiger partial charge < -0.3 is 4.74 Å². The van der Waals surface area contributed by atoms with Crippen LogP contribution in [0.5, 0.6) is 5.75 Å². The molecule has 0 saturated heterocycles. The minimum atomic E-state index is -0.346. The Morgan fingerprint density at radius 2 is 1.88 bits per heavy atom. The number of carbonyl (C=O) groups excluding carboxylic acids is 1. The van der Waals surface area contributed by atoms with Crippen molar-refractivity contribution in [2.75, 3.05) is 5.32 Å². The summed E-state index contributed by atoms with van der Waals surface area (Å²) in [5.74, 6) is 0.810. The Hall–Kier alpha value is -2.86. The molecule has 2 N–H and O–H groups in total. The number of halogens is 1. The number of nitrogens with one attached hydrogen (secondary N) is 2. The zero-order valence-corrected chi connectivity index (χ0v) is 14.5. The third kappa shape index (κ3) is 3.97. The molecule has 7 heteroatoms. The number of para-hydroxylation sites is 1. The lowest BCUT2D eigenvalue weighted by molar-refractivity contribution is 0.102. The van der Waals surface area contributed by atoms with Gasteiger partial charge in [-0.2, -0.15) is 4.98 Å². The van der Waals surface area contributed by atoms with E-state index in [1.807, 2.05) is 38.1 Å². The summed E-state index contributed by atoms with van der Waals surface area (Å²) < 4.78 is 5.67. The lowest BCUT2D eigenvalue weighted by Crippen LogP contribution is -2.16. The van der Waals surface area contributed by atoms with Crippen LogP contribution in [-0.2, 0) is 0 Å². The summed E-state index contributed by atoms with van der Waals surface area (Å²) in [5, 5.41) is 10.0. The van der Waals surface area contributed by atoms with Gasteiger partial charge in [-0.15, -0.1) is 5.10 Å². The van der Waals surface area contributed by atoms with Gasteiger partial charge in [-0.25, -0.2) is 0 Å². The molecule has 0 saturated carbocycles. The molecule has 0 radical (unpaired) electrons. The molecule has 0 aliphatic carbocycles. The molecule has 0 spiro atoms. The first-order chi connectivity index (χ1) is 12.0. The van der Waals surface area contributed by atoms with Gasteiger partial charge in [0.05, 0.1) is 16.7 Å². The molecule has 1 aromatic heterocycles. The van der Waals surface area contributed by atoms with E-state index in [-0.39, 0.29) is 18.0 Å². The third-order valence-corrected chi connectivity index (χ3v) is 3.66. The minimum absolute atomic E-state index is 0.0377. The van der Waals surface area contributed by atoms with Crippen molar-refractivity contribution in [3.63, 3.8) is 0 Å². The second kappa shape index (κ2) is 7.36. The van der Waals surface area contributed by atoms with Crippen molar-refractivity contribution < 1.29 is 9.53 Å². The highest BCUT2D eigenvalue weighted by Gasteiger charge is 2.16. The molecule has 1 heterocycles. The maximum atomic E-state index is 12.5. The van der Waals surface area contributed by atoms with Crippen LogP contribution < -0.4 is 10.1 Å². The molecule has 0 aliphatic rings. The molecule has 0 bridgehead atoms. The fourth-order valence-electron chi connectivity index (χ4n) is 2.27. The molecule has 0 unspecified atom stereocenters. The summed E-state index contributed by atoms with van der Waals surface area (Å²) >= 11 is 6.15. The number of benzene rings is 2. The van der Waals surface area contributed by atoms with Crippen LogP contribution in [0.4, 0.5) is 5.95 Å². The Morgan fingerprint density at radius 3 is 2.64 bits per heavy atom. The largest absolute Gasteiger partial charge is 0.490 e. The van der Waals surface area contributed by atoms with Gasteiger partial charge in [-0.05, 0) is 38.1 Å². The van der Waals surface area contributed by atoms with Crippen LogP contribution in [0.1, 0.15) is 24.2 Å². The van der Waals surface area contributed by atoms with Crippen molar-refractivity contribution in [1.29, 1.82) is 0 Å². The summed E-state index contributed by atoms with van der Waals surface area (Å²) in [4.78, 5) is 16.8. The molecular formula is C18H17ClN4O2. The zero-order chi connectivity index (χ0) is 17.8. The average Bonchev–Trinajstić information content (AvgIpc) is 3.03. The van der Waals surface area contributed by atoms with Gasteiger partial charge in [0.25, 0.3) is 5.91 Å². The van der Waals surface area contributed by atoms with Crippen LogP contribution in [0.3, 0.4) is 0 Å². The van der Waals surface area contributed by atoms with Crippen LogP contribution in [0.2, 0.25) is 5.02 Å². The summed E-state index contributed by atoms with van der Waals surface area (Å²) in [5.41, 5.74) is 1.13. The van der Waals surface area contributed by atoms with Crippen LogP contribution in [0.25, 0.3) is 11.4 Å². The number of ether oxygens (including phenoxy) is 1. The number of aromatic amines is 1. The first-order valence-corrected chi connectivity index (χ1v) is 8.16. The normalized spacial score (nSPS) is 10.7. The van der Waals surface area contributed by atoms with Crippen molar-refractivity contribution in [1.82, 2.24) is 15.2 Å². The topological polar surface area (TPSA) is 79.9 Å². The predicted octanol–water partition coefficient (Wildman–Crippen LogP) is 4.16. The van der Waals surface area contributed by atoms with Crippen molar-refractivity contribution in [3.8, 4) is 17.1 Å². The number of hydrogen-bond acceptors (Lipinski definition) is 4. The van der Waals surface area contributed by atoms with Crippen LogP contribution in [0.15, 0.2) is 48.5 Å². The van der Waals surface area contributed by atoms with Gasteiger partial charge in [0.1, 0.15) is 5.75 Å². The Balaban J connectivity index is 1.80. The van der Waals surface area contributed by atoms with Crippen LogP contribution >= 0.6 is 11.6 Å². The second-order valence-electron chi connectivity index (χ2n) is 5.60. The molecule has 0 fully saturated rings. The van der Waals surface area contributed by atoms with Crippen LogP contribution in [0, 0.1) is 0 Å². The van der Waals surface area contributed by atoms with E-state index in [2.05, 4.69) is 20.5 Å². The number of nitrogens with zero attached hydrogens (tertiary/aromatic N) is 2. The first-order valence-electron chi connectivity index (χ1n) is 7.79. The van der Waals surface area contributed by atoms with Gasteiger partial charge in [0.15, 0.2) is 5.82 Å². The van der Waals surface area contributed by atoms with E-state index in [4.69, 9.17) is 16.3 Å². The number of carbonyl (C=O) groups is 1. The highest BCUT2D eigenvalue weighted by atomic mass is 35.5.